The Morgan fingerprint density at radius 3 is 2.73 bits per heavy atom. The molecule has 0 aromatic carbocycles. The summed E-state index contributed by atoms with van der Waals surface area (Å²) < 4.78 is 0. The van der Waals surface area contributed by atoms with E-state index in [0.29, 0.717) is 12.6 Å². The molecule has 11 heavy (non-hydrogen) atoms. The fraction of sp³-hybridized carbons (Fsp3) is 1.00. The van der Waals surface area contributed by atoms with E-state index in [9.17, 15) is 0 Å². The van der Waals surface area contributed by atoms with Crippen LogP contribution in [0.2, 0.25) is 0 Å². The van der Waals surface area contributed by atoms with E-state index in [1.165, 1.54) is 0 Å². The summed E-state index contributed by atoms with van der Waals surface area (Å²) in [7, 11) is 0. The third-order valence-corrected chi connectivity index (χ3v) is 2.29. The normalized spacial score (nSPS) is 21.3. The highest BCUT2D eigenvalue weighted by molar-refractivity contribution is 4.85. The standard InChI is InChI=1S/C8H18N2O/c1-2-10-8(3-4-11)7-5-9-6-7/h7-11H,2-6H2,1H3/t8-/m0/s1. The third kappa shape index (κ3) is 2.43. The number of rotatable bonds is 5. The first-order valence-corrected chi connectivity index (χ1v) is 4.43. The molecule has 3 nitrogen and oxygen atoms in total. The Hall–Kier alpha value is -0.120. The Labute approximate surface area is 68.2 Å². The maximum Gasteiger partial charge on any atom is 0.0445 e. The Morgan fingerprint density at radius 2 is 2.36 bits per heavy atom. The molecule has 0 bridgehead atoms. The average molecular weight is 158 g/mol. The second-order valence-corrected chi connectivity index (χ2v) is 3.09. The van der Waals surface area contributed by atoms with Gasteiger partial charge in [0.05, 0.1) is 0 Å². The molecule has 3 N–H and O–H groups in total. The van der Waals surface area contributed by atoms with Crippen LogP contribution in [-0.4, -0.2) is 37.4 Å². The molecule has 1 aliphatic rings. The molecule has 1 aliphatic heterocycles. The summed E-state index contributed by atoms with van der Waals surface area (Å²) in [5.41, 5.74) is 0. The summed E-state index contributed by atoms with van der Waals surface area (Å²) in [6.45, 7) is 5.63. The van der Waals surface area contributed by atoms with Crippen LogP contribution in [0.5, 0.6) is 0 Å². The lowest BCUT2D eigenvalue weighted by Crippen LogP contribution is -2.53. The lowest BCUT2D eigenvalue weighted by Gasteiger charge is -2.34. The molecule has 1 fully saturated rings. The van der Waals surface area contributed by atoms with Gasteiger partial charge in [0.15, 0.2) is 0 Å². The predicted molar refractivity (Wildman–Crippen MR) is 45.5 cm³/mol. The van der Waals surface area contributed by atoms with Crippen LogP contribution in [0.1, 0.15) is 13.3 Å². The molecule has 0 aromatic heterocycles. The van der Waals surface area contributed by atoms with Crippen molar-refractivity contribution in [1.82, 2.24) is 10.6 Å². The van der Waals surface area contributed by atoms with E-state index in [2.05, 4.69) is 17.6 Å². The van der Waals surface area contributed by atoms with Crippen LogP contribution >= 0.6 is 0 Å². The molecule has 0 unspecified atom stereocenters. The van der Waals surface area contributed by atoms with E-state index < -0.39 is 0 Å². The molecule has 0 saturated carbocycles. The van der Waals surface area contributed by atoms with Crippen molar-refractivity contribution in [2.24, 2.45) is 5.92 Å². The van der Waals surface area contributed by atoms with E-state index in [-0.39, 0.29) is 0 Å². The summed E-state index contributed by atoms with van der Waals surface area (Å²) in [4.78, 5) is 0. The van der Waals surface area contributed by atoms with Gasteiger partial charge in [-0.05, 0) is 18.9 Å². The molecular formula is C8H18N2O. The molecule has 1 rings (SSSR count). The third-order valence-electron chi connectivity index (χ3n) is 2.29. The number of hydrogen-bond acceptors (Lipinski definition) is 3. The quantitative estimate of drug-likeness (QED) is 0.508. The van der Waals surface area contributed by atoms with Crippen LogP contribution in [0.4, 0.5) is 0 Å². The van der Waals surface area contributed by atoms with Gasteiger partial charge in [-0.3, -0.25) is 0 Å². The molecule has 66 valence electrons. The molecule has 1 atom stereocenters. The van der Waals surface area contributed by atoms with Gasteiger partial charge >= 0.3 is 0 Å². The van der Waals surface area contributed by atoms with Crippen molar-refractivity contribution in [2.45, 2.75) is 19.4 Å². The van der Waals surface area contributed by atoms with Crippen molar-refractivity contribution in [2.75, 3.05) is 26.2 Å². The predicted octanol–water partition coefficient (Wildman–Crippen LogP) is -0.434. The maximum absolute atomic E-state index is 8.77. The first kappa shape index (κ1) is 8.97. The van der Waals surface area contributed by atoms with Gasteiger partial charge in [0, 0.05) is 25.7 Å². The van der Waals surface area contributed by atoms with E-state index in [1.807, 2.05) is 0 Å². The first-order chi connectivity index (χ1) is 5.38. The second kappa shape index (κ2) is 4.70. The summed E-state index contributed by atoms with van der Waals surface area (Å²) in [6, 6.07) is 0.520. The lowest BCUT2D eigenvalue weighted by atomic mass is 9.92. The largest absolute Gasteiger partial charge is 0.396 e. The summed E-state index contributed by atoms with van der Waals surface area (Å²) >= 11 is 0. The van der Waals surface area contributed by atoms with Gasteiger partial charge < -0.3 is 15.7 Å². The molecule has 3 heteroatoms. The van der Waals surface area contributed by atoms with E-state index in [4.69, 9.17) is 5.11 Å². The highest BCUT2D eigenvalue weighted by Gasteiger charge is 2.25. The van der Waals surface area contributed by atoms with Crippen molar-refractivity contribution in [3.63, 3.8) is 0 Å². The SMILES string of the molecule is CCN[C@@H](CCO)C1CNC1. The van der Waals surface area contributed by atoms with Gasteiger partial charge in [-0.25, -0.2) is 0 Å². The Kier molecular flexibility index (Phi) is 3.83. The number of aliphatic hydroxyl groups is 1. The number of aliphatic hydroxyl groups excluding tert-OH is 1. The van der Waals surface area contributed by atoms with Crippen LogP contribution in [0.3, 0.4) is 0 Å². The molecule has 1 heterocycles. The number of nitrogens with one attached hydrogen (secondary N) is 2. The molecule has 0 amide bonds. The van der Waals surface area contributed by atoms with Crippen molar-refractivity contribution in [1.29, 1.82) is 0 Å². The van der Waals surface area contributed by atoms with Crippen LogP contribution in [-0.2, 0) is 0 Å². The van der Waals surface area contributed by atoms with Gasteiger partial charge in [0.2, 0.25) is 0 Å². The van der Waals surface area contributed by atoms with Crippen molar-refractivity contribution in [3.05, 3.63) is 0 Å². The van der Waals surface area contributed by atoms with E-state index in [0.717, 1.165) is 32.0 Å². The van der Waals surface area contributed by atoms with Crippen molar-refractivity contribution in [3.8, 4) is 0 Å². The van der Waals surface area contributed by atoms with Crippen LogP contribution in [0.25, 0.3) is 0 Å². The zero-order chi connectivity index (χ0) is 8.10. The smallest absolute Gasteiger partial charge is 0.0445 e. The second-order valence-electron chi connectivity index (χ2n) is 3.09. The fourth-order valence-electron chi connectivity index (χ4n) is 1.50. The summed E-state index contributed by atoms with van der Waals surface area (Å²) in [5.74, 6) is 0.738. The highest BCUT2D eigenvalue weighted by Crippen LogP contribution is 2.11. The van der Waals surface area contributed by atoms with Gasteiger partial charge in [-0.15, -0.1) is 0 Å². The van der Waals surface area contributed by atoms with Crippen LogP contribution < -0.4 is 10.6 Å². The molecule has 0 radical (unpaired) electrons. The van der Waals surface area contributed by atoms with Gasteiger partial charge in [0.1, 0.15) is 0 Å². The fourth-order valence-corrected chi connectivity index (χ4v) is 1.50. The summed E-state index contributed by atoms with van der Waals surface area (Å²) in [6.07, 6.45) is 0.889. The topological polar surface area (TPSA) is 44.3 Å². The lowest BCUT2D eigenvalue weighted by molar-refractivity contribution is 0.200. The minimum atomic E-state index is 0.300. The van der Waals surface area contributed by atoms with E-state index >= 15 is 0 Å². The highest BCUT2D eigenvalue weighted by atomic mass is 16.3. The van der Waals surface area contributed by atoms with Crippen LogP contribution in [0.15, 0.2) is 0 Å². The zero-order valence-corrected chi connectivity index (χ0v) is 7.14. The number of hydrogen-bond donors (Lipinski definition) is 3. The molecule has 0 aromatic rings. The van der Waals surface area contributed by atoms with Gasteiger partial charge in [-0.1, -0.05) is 6.92 Å². The molecule has 0 spiro atoms. The molecule has 0 aliphatic carbocycles. The maximum atomic E-state index is 8.77. The monoisotopic (exact) mass is 158 g/mol. The first-order valence-electron chi connectivity index (χ1n) is 4.43. The Balaban J connectivity index is 2.19. The van der Waals surface area contributed by atoms with Crippen molar-refractivity contribution >= 4 is 0 Å². The van der Waals surface area contributed by atoms with Gasteiger partial charge in [-0.2, -0.15) is 0 Å². The Morgan fingerprint density at radius 1 is 1.64 bits per heavy atom. The zero-order valence-electron chi connectivity index (χ0n) is 7.14. The van der Waals surface area contributed by atoms with Gasteiger partial charge in [0.25, 0.3) is 0 Å². The average Bonchev–Trinajstić information content (AvgIpc) is 1.85. The summed E-state index contributed by atoms with van der Waals surface area (Å²) in [5, 5.41) is 15.4. The molecular weight excluding hydrogens is 140 g/mol. The Bertz CT molecular complexity index is 98.3. The van der Waals surface area contributed by atoms with Crippen molar-refractivity contribution < 1.29 is 5.11 Å². The minimum Gasteiger partial charge on any atom is -0.396 e. The van der Waals surface area contributed by atoms with Crippen LogP contribution in [0, 0.1) is 5.92 Å². The minimum absolute atomic E-state index is 0.300. The van der Waals surface area contributed by atoms with E-state index in [1.54, 1.807) is 0 Å². The molecule has 1 saturated heterocycles.